The largest absolute Gasteiger partial charge is 0.354 e. The Balaban J connectivity index is 0.00000272. The van der Waals surface area contributed by atoms with Crippen molar-refractivity contribution in [2.45, 2.75) is 39.5 Å². The van der Waals surface area contributed by atoms with E-state index in [0.29, 0.717) is 22.5 Å². The number of hydrogen-bond donors (Lipinski definition) is 1. The third-order valence-corrected chi connectivity index (χ3v) is 5.55. The van der Waals surface area contributed by atoms with E-state index in [1.165, 1.54) is 0 Å². The van der Waals surface area contributed by atoms with Gasteiger partial charge in [-0.3, -0.25) is 9.59 Å². The molecule has 0 radical (unpaired) electrons. The number of aryl methyl sites for hydroxylation is 1. The van der Waals surface area contributed by atoms with E-state index < -0.39 is 0 Å². The van der Waals surface area contributed by atoms with E-state index in [1.807, 2.05) is 36.1 Å². The van der Waals surface area contributed by atoms with Crippen molar-refractivity contribution in [3.63, 3.8) is 0 Å². The molecule has 31 heavy (non-hydrogen) atoms. The quantitative estimate of drug-likeness (QED) is 0.557. The van der Waals surface area contributed by atoms with Gasteiger partial charge >= 0.3 is 0 Å². The maximum absolute atomic E-state index is 13.4. The number of rotatable bonds is 4. The van der Waals surface area contributed by atoms with Crippen LogP contribution >= 0.6 is 12.4 Å². The Bertz CT molecular complexity index is 1090. The van der Waals surface area contributed by atoms with Crippen LogP contribution in [-0.4, -0.2) is 39.6 Å². The van der Waals surface area contributed by atoms with Crippen LogP contribution < -0.4 is 5.32 Å². The molecule has 0 bridgehead atoms. The van der Waals surface area contributed by atoms with Crippen molar-refractivity contribution < 1.29 is 9.59 Å². The van der Waals surface area contributed by atoms with E-state index in [-0.39, 0.29) is 24.1 Å². The summed E-state index contributed by atoms with van der Waals surface area (Å²) in [6, 6.07) is 11.2. The van der Waals surface area contributed by atoms with Gasteiger partial charge in [0.15, 0.2) is 11.4 Å². The lowest BCUT2D eigenvalue weighted by Crippen LogP contribution is -2.32. The van der Waals surface area contributed by atoms with Crippen molar-refractivity contribution >= 4 is 46.5 Å². The molecule has 1 fully saturated rings. The highest BCUT2D eigenvalue weighted by molar-refractivity contribution is 6.07. The minimum Gasteiger partial charge on any atom is -0.354 e. The van der Waals surface area contributed by atoms with Crippen molar-refractivity contribution in [2.75, 3.05) is 18.4 Å². The van der Waals surface area contributed by atoms with Gasteiger partial charge in [0.25, 0.3) is 5.91 Å². The Morgan fingerprint density at radius 2 is 1.65 bits per heavy atom. The van der Waals surface area contributed by atoms with Crippen molar-refractivity contribution in [3.8, 4) is 0 Å². The number of aromatic nitrogens is 2. The van der Waals surface area contributed by atoms with Gasteiger partial charge < -0.3 is 10.2 Å². The first-order valence-electron chi connectivity index (χ1n) is 10.5. The van der Waals surface area contributed by atoms with E-state index in [4.69, 9.17) is 0 Å². The van der Waals surface area contributed by atoms with Crippen molar-refractivity contribution in [2.24, 2.45) is 0 Å². The van der Waals surface area contributed by atoms with Gasteiger partial charge in [-0.1, -0.05) is 12.8 Å². The van der Waals surface area contributed by atoms with Crippen LogP contribution in [0.2, 0.25) is 0 Å². The van der Waals surface area contributed by atoms with Crippen LogP contribution in [0.25, 0.3) is 11.0 Å². The number of hydrogen-bond acceptors (Lipinski definition) is 5. The zero-order valence-corrected chi connectivity index (χ0v) is 18.7. The summed E-state index contributed by atoms with van der Waals surface area (Å²) >= 11 is 0. The fraction of sp³-hybridized carbons (Fsp3) is 0.333. The minimum atomic E-state index is -0.00488. The van der Waals surface area contributed by atoms with E-state index in [9.17, 15) is 9.59 Å². The Kier molecular flexibility index (Phi) is 7.23. The smallest absolute Gasteiger partial charge is 0.257 e. The Morgan fingerprint density at radius 1 is 0.968 bits per heavy atom. The molecule has 0 aliphatic carbocycles. The van der Waals surface area contributed by atoms with E-state index in [1.54, 1.807) is 25.3 Å². The molecule has 1 N–H and O–H groups in total. The average molecular weight is 439 g/mol. The number of Topliss-reactive ketones (excluding diaryl/α,β-unsaturated/α-hetero) is 1. The number of ketones is 1. The topological polar surface area (TPSA) is 75.2 Å². The summed E-state index contributed by atoms with van der Waals surface area (Å²) in [5.74, 6) is 0.0161. The average Bonchev–Trinajstić information content (AvgIpc) is 3.03. The predicted octanol–water partition coefficient (Wildman–Crippen LogP) is 5.32. The zero-order valence-electron chi connectivity index (χ0n) is 17.9. The van der Waals surface area contributed by atoms with Gasteiger partial charge in [0.2, 0.25) is 0 Å². The standard InChI is InChI=1S/C24H26N4O2.ClH/c1-16-7-12-20-22(27-19-10-8-18(9-11-19)17(2)29)21(15-25-23(20)26-16)24(30)28-13-5-3-4-6-14-28;/h7-12,15H,3-6,13-14H2,1-2H3,(H,25,26,27);1H. The molecular formula is C24H27ClN4O2. The van der Waals surface area contributed by atoms with Gasteiger partial charge in [0, 0.05) is 41.6 Å². The van der Waals surface area contributed by atoms with Crippen LogP contribution in [0, 0.1) is 6.92 Å². The molecule has 0 atom stereocenters. The maximum atomic E-state index is 13.4. The molecule has 162 valence electrons. The summed E-state index contributed by atoms with van der Waals surface area (Å²) in [7, 11) is 0. The van der Waals surface area contributed by atoms with Crippen LogP contribution in [0.4, 0.5) is 11.4 Å². The number of pyridine rings is 2. The molecule has 7 heteroatoms. The van der Waals surface area contributed by atoms with Crippen LogP contribution in [-0.2, 0) is 0 Å². The van der Waals surface area contributed by atoms with Crippen LogP contribution in [0.3, 0.4) is 0 Å². The summed E-state index contributed by atoms with van der Waals surface area (Å²) in [5, 5.41) is 4.20. The molecule has 3 aromatic rings. The molecule has 0 saturated carbocycles. The number of anilines is 2. The van der Waals surface area contributed by atoms with Crippen molar-refractivity contribution in [3.05, 3.63) is 59.4 Å². The fourth-order valence-electron chi connectivity index (χ4n) is 3.85. The molecule has 1 aliphatic heterocycles. The molecule has 4 rings (SSSR count). The molecule has 1 saturated heterocycles. The first kappa shape index (κ1) is 22.7. The second-order valence-corrected chi connectivity index (χ2v) is 7.84. The second kappa shape index (κ2) is 9.88. The number of nitrogens with zero attached hydrogens (tertiary/aromatic N) is 3. The molecule has 1 aliphatic rings. The Labute approximate surface area is 188 Å². The highest BCUT2D eigenvalue weighted by Crippen LogP contribution is 2.30. The number of likely N-dealkylation sites (tertiary alicyclic amines) is 1. The number of carbonyl (C=O) groups excluding carboxylic acids is 2. The van der Waals surface area contributed by atoms with Gasteiger partial charge in [-0.15, -0.1) is 12.4 Å². The van der Waals surface area contributed by atoms with Gasteiger partial charge in [-0.05, 0) is 63.1 Å². The number of nitrogens with one attached hydrogen (secondary N) is 1. The first-order chi connectivity index (χ1) is 14.5. The SMILES string of the molecule is CC(=O)c1ccc(Nc2c(C(=O)N3CCCCCC3)cnc3nc(C)ccc23)cc1.Cl. The monoisotopic (exact) mass is 438 g/mol. The molecule has 1 aromatic carbocycles. The third kappa shape index (κ3) is 5.02. The molecule has 1 amide bonds. The lowest BCUT2D eigenvalue weighted by atomic mass is 10.1. The van der Waals surface area contributed by atoms with E-state index in [0.717, 1.165) is 55.5 Å². The highest BCUT2D eigenvalue weighted by Gasteiger charge is 2.22. The molecule has 0 spiro atoms. The number of benzene rings is 1. The summed E-state index contributed by atoms with van der Waals surface area (Å²) in [5.41, 5.74) is 4.18. The summed E-state index contributed by atoms with van der Waals surface area (Å²) in [4.78, 5) is 35.9. The van der Waals surface area contributed by atoms with Gasteiger partial charge in [-0.2, -0.15) is 0 Å². The van der Waals surface area contributed by atoms with E-state index in [2.05, 4.69) is 15.3 Å². The maximum Gasteiger partial charge on any atom is 0.257 e. The fourth-order valence-corrected chi connectivity index (χ4v) is 3.85. The minimum absolute atomic E-state index is 0. The van der Waals surface area contributed by atoms with Gasteiger partial charge in [0.05, 0.1) is 11.3 Å². The lowest BCUT2D eigenvalue weighted by Gasteiger charge is -2.22. The summed E-state index contributed by atoms with van der Waals surface area (Å²) in [6.45, 7) is 5.02. The van der Waals surface area contributed by atoms with E-state index >= 15 is 0 Å². The second-order valence-electron chi connectivity index (χ2n) is 7.84. The third-order valence-electron chi connectivity index (χ3n) is 5.55. The van der Waals surface area contributed by atoms with Crippen molar-refractivity contribution in [1.82, 2.24) is 14.9 Å². The molecule has 0 unspecified atom stereocenters. The summed E-state index contributed by atoms with van der Waals surface area (Å²) < 4.78 is 0. The molecule has 3 heterocycles. The Morgan fingerprint density at radius 3 is 2.29 bits per heavy atom. The molecule has 6 nitrogen and oxygen atoms in total. The summed E-state index contributed by atoms with van der Waals surface area (Å²) in [6.07, 6.45) is 6.02. The zero-order chi connectivity index (χ0) is 21.1. The number of amides is 1. The van der Waals surface area contributed by atoms with Crippen LogP contribution in [0.1, 0.15) is 59.0 Å². The van der Waals surface area contributed by atoms with Gasteiger partial charge in [-0.25, -0.2) is 9.97 Å². The molecular weight excluding hydrogens is 412 g/mol. The Hall–Kier alpha value is -2.99. The number of fused-ring (bicyclic) bond motifs is 1. The van der Waals surface area contributed by atoms with Crippen LogP contribution in [0.15, 0.2) is 42.6 Å². The molecule has 2 aromatic heterocycles. The predicted molar refractivity (Wildman–Crippen MR) is 126 cm³/mol. The lowest BCUT2D eigenvalue weighted by molar-refractivity contribution is 0.0762. The van der Waals surface area contributed by atoms with Crippen molar-refractivity contribution in [1.29, 1.82) is 0 Å². The highest BCUT2D eigenvalue weighted by atomic mass is 35.5. The number of carbonyl (C=O) groups is 2. The number of halogens is 1. The normalized spacial score (nSPS) is 13.9. The first-order valence-corrected chi connectivity index (χ1v) is 10.5. The van der Waals surface area contributed by atoms with Crippen LogP contribution in [0.5, 0.6) is 0 Å². The van der Waals surface area contributed by atoms with Gasteiger partial charge in [0.1, 0.15) is 0 Å².